The molecule has 0 aliphatic rings. The van der Waals surface area contributed by atoms with Gasteiger partial charge in [0.1, 0.15) is 5.58 Å². The van der Waals surface area contributed by atoms with Gasteiger partial charge < -0.3 is 14.8 Å². The van der Waals surface area contributed by atoms with Crippen molar-refractivity contribution in [3.63, 3.8) is 0 Å². The summed E-state index contributed by atoms with van der Waals surface area (Å²) in [6.45, 7) is 5.71. The molecule has 2 N–H and O–H groups in total. The molecule has 5 nitrogen and oxygen atoms in total. The number of hydrogen-bond acceptors (Lipinski definition) is 3. The fraction of sp³-hybridized carbons (Fsp3) is 0.333. The van der Waals surface area contributed by atoms with Gasteiger partial charge in [-0.3, -0.25) is 4.79 Å². The van der Waals surface area contributed by atoms with Gasteiger partial charge in [0, 0.05) is 16.5 Å². The summed E-state index contributed by atoms with van der Waals surface area (Å²) in [4.78, 5) is 22.9. The van der Waals surface area contributed by atoms with Gasteiger partial charge in [-0.25, -0.2) is 4.79 Å². The second-order valence-corrected chi connectivity index (χ2v) is 5.36. The van der Waals surface area contributed by atoms with E-state index in [0.29, 0.717) is 16.7 Å². The summed E-state index contributed by atoms with van der Waals surface area (Å²) in [7, 11) is 0. The number of carboxylic acid groups (broad SMARTS) is 1. The summed E-state index contributed by atoms with van der Waals surface area (Å²) in [6.07, 6.45) is 0.732. The lowest BCUT2D eigenvalue weighted by Crippen LogP contribution is -2.29. The van der Waals surface area contributed by atoms with E-state index in [1.165, 1.54) is 6.07 Å². The molecule has 1 heterocycles. The lowest BCUT2D eigenvalue weighted by Gasteiger charge is -2.21. The fourth-order valence-corrected chi connectivity index (χ4v) is 1.69. The van der Waals surface area contributed by atoms with E-state index < -0.39 is 11.4 Å². The molecule has 0 atom stereocenters. The molecule has 1 amide bonds. The Morgan fingerprint density at radius 2 is 2.00 bits per heavy atom. The van der Waals surface area contributed by atoms with Gasteiger partial charge in [0.25, 0.3) is 0 Å². The van der Waals surface area contributed by atoms with Crippen LogP contribution >= 0.6 is 0 Å². The summed E-state index contributed by atoms with van der Waals surface area (Å²) in [5.41, 5.74) is 0.661. The van der Waals surface area contributed by atoms with Crippen LogP contribution in [-0.4, -0.2) is 17.0 Å². The Hall–Kier alpha value is -2.30. The highest BCUT2D eigenvalue weighted by Crippen LogP contribution is 2.26. The SMILES string of the molecule is CCC(C)(C)C(=O)Nc1ccc2oc(C(=O)O)cc2c1. The maximum absolute atomic E-state index is 12.1. The highest BCUT2D eigenvalue weighted by molar-refractivity contribution is 5.97. The predicted molar refractivity (Wildman–Crippen MR) is 75.9 cm³/mol. The summed E-state index contributed by atoms with van der Waals surface area (Å²) in [6, 6.07) is 6.49. The van der Waals surface area contributed by atoms with Gasteiger partial charge in [-0.15, -0.1) is 0 Å². The summed E-state index contributed by atoms with van der Waals surface area (Å²) in [5, 5.41) is 12.4. The van der Waals surface area contributed by atoms with E-state index in [9.17, 15) is 9.59 Å². The lowest BCUT2D eigenvalue weighted by atomic mass is 9.89. The van der Waals surface area contributed by atoms with Crippen molar-refractivity contribution in [2.24, 2.45) is 5.41 Å². The standard InChI is InChI=1S/C15H17NO4/c1-4-15(2,3)14(19)16-10-5-6-11-9(7-10)8-12(20-11)13(17)18/h5-8H,4H2,1-3H3,(H,16,19)(H,17,18). The van der Waals surface area contributed by atoms with Crippen LogP contribution in [0.4, 0.5) is 5.69 Å². The Kier molecular flexibility index (Phi) is 3.53. The van der Waals surface area contributed by atoms with E-state index >= 15 is 0 Å². The molecule has 2 aromatic rings. The number of carbonyl (C=O) groups is 2. The van der Waals surface area contributed by atoms with Gasteiger partial charge in [-0.05, 0) is 30.7 Å². The van der Waals surface area contributed by atoms with Gasteiger partial charge >= 0.3 is 5.97 Å². The van der Waals surface area contributed by atoms with Crippen molar-refractivity contribution >= 4 is 28.5 Å². The van der Waals surface area contributed by atoms with E-state index in [1.807, 2.05) is 20.8 Å². The van der Waals surface area contributed by atoms with Gasteiger partial charge in [0.2, 0.25) is 11.7 Å². The Morgan fingerprint density at radius 1 is 1.30 bits per heavy atom. The minimum absolute atomic E-state index is 0.0682. The number of amides is 1. The molecule has 0 saturated carbocycles. The largest absolute Gasteiger partial charge is 0.475 e. The normalized spacial score (nSPS) is 11.6. The Labute approximate surface area is 116 Å². The number of carboxylic acids is 1. The van der Waals surface area contributed by atoms with Crippen LogP contribution in [0.1, 0.15) is 37.7 Å². The van der Waals surface area contributed by atoms with Crippen LogP contribution in [0.3, 0.4) is 0 Å². The fourth-order valence-electron chi connectivity index (χ4n) is 1.69. The molecule has 0 unspecified atom stereocenters. The van der Waals surface area contributed by atoms with E-state index in [4.69, 9.17) is 9.52 Å². The first kappa shape index (κ1) is 14.1. The summed E-state index contributed by atoms with van der Waals surface area (Å²) in [5.74, 6) is -1.29. The van der Waals surface area contributed by atoms with Crippen molar-refractivity contribution in [2.75, 3.05) is 5.32 Å². The first-order valence-corrected chi connectivity index (χ1v) is 6.42. The lowest BCUT2D eigenvalue weighted by molar-refractivity contribution is -0.124. The molecule has 0 saturated heterocycles. The van der Waals surface area contributed by atoms with Crippen molar-refractivity contribution in [1.29, 1.82) is 0 Å². The van der Waals surface area contributed by atoms with Crippen LogP contribution in [-0.2, 0) is 4.79 Å². The molecular weight excluding hydrogens is 258 g/mol. The molecule has 20 heavy (non-hydrogen) atoms. The number of furan rings is 1. The minimum atomic E-state index is -1.11. The third kappa shape index (κ3) is 2.66. The number of rotatable bonds is 4. The maximum atomic E-state index is 12.1. The molecule has 0 spiro atoms. The Bertz CT molecular complexity index is 670. The van der Waals surface area contributed by atoms with Gasteiger partial charge in [-0.2, -0.15) is 0 Å². The number of anilines is 1. The van der Waals surface area contributed by atoms with Crippen molar-refractivity contribution in [1.82, 2.24) is 0 Å². The topological polar surface area (TPSA) is 79.5 Å². The zero-order valence-corrected chi connectivity index (χ0v) is 11.7. The van der Waals surface area contributed by atoms with Crippen LogP contribution in [0.15, 0.2) is 28.7 Å². The van der Waals surface area contributed by atoms with E-state index in [1.54, 1.807) is 18.2 Å². The number of carbonyl (C=O) groups excluding carboxylic acids is 1. The number of nitrogens with one attached hydrogen (secondary N) is 1. The predicted octanol–water partition coefficient (Wildman–Crippen LogP) is 3.51. The van der Waals surface area contributed by atoms with Gasteiger partial charge in [-0.1, -0.05) is 20.8 Å². The highest BCUT2D eigenvalue weighted by atomic mass is 16.4. The molecule has 0 aliphatic carbocycles. The molecule has 1 aromatic carbocycles. The third-order valence-corrected chi connectivity index (χ3v) is 3.48. The zero-order valence-electron chi connectivity index (χ0n) is 11.7. The summed E-state index contributed by atoms with van der Waals surface area (Å²) < 4.78 is 5.17. The van der Waals surface area contributed by atoms with E-state index in [2.05, 4.69) is 5.32 Å². The van der Waals surface area contributed by atoms with Crippen molar-refractivity contribution in [2.45, 2.75) is 27.2 Å². The average Bonchev–Trinajstić information content (AvgIpc) is 2.82. The van der Waals surface area contributed by atoms with Crippen LogP contribution in [0.2, 0.25) is 0 Å². The number of fused-ring (bicyclic) bond motifs is 1. The zero-order chi connectivity index (χ0) is 14.9. The Balaban J connectivity index is 2.28. The molecule has 0 bridgehead atoms. The number of aromatic carboxylic acids is 1. The first-order chi connectivity index (χ1) is 9.33. The molecule has 1 aromatic heterocycles. The number of benzene rings is 1. The molecule has 0 radical (unpaired) electrons. The molecule has 106 valence electrons. The van der Waals surface area contributed by atoms with Gasteiger partial charge in [0.15, 0.2) is 0 Å². The van der Waals surface area contributed by atoms with Crippen LogP contribution in [0, 0.1) is 5.41 Å². The second kappa shape index (κ2) is 5.00. The van der Waals surface area contributed by atoms with Crippen molar-refractivity contribution < 1.29 is 19.1 Å². The highest BCUT2D eigenvalue weighted by Gasteiger charge is 2.25. The van der Waals surface area contributed by atoms with Crippen molar-refractivity contribution in [3.05, 3.63) is 30.0 Å². The minimum Gasteiger partial charge on any atom is -0.475 e. The van der Waals surface area contributed by atoms with E-state index in [-0.39, 0.29) is 11.7 Å². The second-order valence-electron chi connectivity index (χ2n) is 5.36. The monoisotopic (exact) mass is 275 g/mol. The average molecular weight is 275 g/mol. The molecule has 0 fully saturated rings. The summed E-state index contributed by atoms with van der Waals surface area (Å²) >= 11 is 0. The van der Waals surface area contributed by atoms with Crippen LogP contribution < -0.4 is 5.32 Å². The van der Waals surface area contributed by atoms with Crippen molar-refractivity contribution in [3.8, 4) is 0 Å². The first-order valence-electron chi connectivity index (χ1n) is 6.42. The number of hydrogen-bond donors (Lipinski definition) is 2. The quantitative estimate of drug-likeness (QED) is 0.894. The van der Waals surface area contributed by atoms with Gasteiger partial charge in [0.05, 0.1) is 0 Å². The molecule has 0 aliphatic heterocycles. The molecular formula is C15H17NO4. The molecule has 5 heteroatoms. The van der Waals surface area contributed by atoms with Crippen LogP contribution in [0.25, 0.3) is 11.0 Å². The van der Waals surface area contributed by atoms with E-state index in [0.717, 1.165) is 6.42 Å². The smallest absolute Gasteiger partial charge is 0.371 e. The maximum Gasteiger partial charge on any atom is 0.371 e. The van der Waals surface area contributed by atoms with Crippen LogP contribution in [0.5, 0.6) is 0 Å². The molecule has 2 rings (SSSR count). The Morgan fingerprint density at radius 3 is 2.60 bits per heavy atom. The third-order valence-electron chi connectivity index (χ3n) is 3.48.